The van der Waals surface area contributed by atoms with E-state index in [1.54, 1.807) is 30.3 Å². The van der Waals surface area contributed by atoms with E-state index >= 15 is 0 Å². The fourth-order valence-corrected chi connectivity index (χ4v) is 2.08. The van der Waals surface area contributed by atoms with Crippen LogP contribution in [0.1, 0.15) is 16.8 Å². The standard InChI is InChI=1S/C14H11BN2O3/c1-9-2-3-10(7-16)14(17-9)20-12-4-5-13-11(6-12)8-19-15(13)18/h2-6,18H,8H2,1H3. The number of fused-ring (bicyclic) bond motifs is 1. The summed E-state index contributed by atoms with van der Waals surface area (Å²) in [5.74, 6) is 0.850. The zero-order chi connectivity index (χ0) is 14.1. The van der Waals surface area contributed by atoms with Crippen molar-refractivity contribution >= 4 is 12.6 Å². The van der Waals surface area contributed by atoms with Crippen LogP contribution in [0.5, 0.6) is 11.6 Å². The van der Waals surface area contributed by atoms with E-state index in [1.807, 2.05) is 6.92 Å². The molecule has 5 nitrogen and oxygen atoms in total. The maximum atomic E-state index is 9.56. The highest BCUT2D eigenvalue weighted by Gasteiger charge is 2.27. The number of nitrogens with zero attached hydrogens (tertiary/aromatic N) is 2. The van der Waals surface area contributed by atoms with E-state index in [9.17, 15) is 5.02 Å². The summed E-state index contributed by atoms with van der Waals surface area (Å²) >= 11 is 0. The molecule has 0 aliphatic carbocycles. The van der Waals surface area contributed by atoms with Crippen LogP contribution in [0.3, 0.4) is 0 Å². The van der Waals surface area contributed by atoms with Gasteiger partial charge >= 0.3 is 7.12 Å². The normalized spacial score (nSPS) is 12.9. The van der Waals surface area contributed by atoms with Gasteiger partial charge in [0.1, 0.15) is 17.4 Å². The summed E-state index contributed by atoms with van der Waals surface area (Å²) in [7, 11) is -0.870. The Labute approximate surface area is 116 Å². The van der Waals surface area contributed by atoms with Crippen molar-refractivity contribution in [1.29, 1.82) is 5.26 Å². The lowest BCUT2D eigenvalue weighted by Crippen LogP contribution is -2.27. The number of nitriles is 1. The van der Waals surface area contributed by atoms with Gasteiger partial charge in [0, 0.05) is 5.69 Å². The number of aryl methyl sites for hydroxylation is 1. The first-order valence-electron chi connectivity index (χ1n) is 6.15. The summed E-state index contributed by atoms with van der Waals surface area (Å²) in [5, 5.41) is 18.6. The van der Waals surface area contributed by atoms with Crippen molar-refractivity contribution in [2.45, 2.75) is 13.5 Å². The van der Waals surface area contributed by atoms with Gasteiger partial charge in [-0.2, -0.15) is 5.26 Å². The lowest BCUT2D eigenvalue weighted by molar-refractivity contribution is 0.275. The van der Waals surface area contributed by atoms with Gasteiger partial charge in [-0.15, -0.1) is 0 Å². The highest BCUT2D eigenvalue weighted by atomic mass is 16.5. The van der Waals surface area contributed by atoms with Gasteiger partial charge in [0.25, 0.3) is 0 Å². The fourth-order valence-electron chi connectivity index (χ4n) is 2.08. The van der Waals surface area contributed by atoms with Gasteiger partial charge in [0.15, 0.2) is 0 Å². The molecule has 1 aliphatic heterocycles. The molecule has 1 aromatic carbocycles. The minimum atomic E-state index is -0.870. The van der Waals surface area contributed by atoms with Crippen molar-refractivity contribution in [1.82, 2.24) is 4.98 Å². The van der Waals surface area contributed by atoms with Crippen LogP contribution in [0.4, 0.5) is 0 Å². The average Bonchev–Trinajstić information content (AvgIpc) is 2.80. The lowest BCUT2D eigenvalue weighted by Gasteiger charge is -2.08. The summed E-state index contributed by atoms with van der Waals surface area (Å²) in [4.78, 5) is 4.22. The molecule has 98 valence electrons. The Kier molecular flexibility index (Phi) is 3.14. The molecule has 0 saturated carbocycles. The summed E-state index contributed by atoms with van der Waals surface area (Å²) in [6.45, 7) is 2.18. The predicted octanol–water partition coefficient (Wildman–Crippen LogP) is 1.27. The third-order valence-electron chi connectivity index (χ3n) is 3.11. The first-order chi connectivity index (χ1) is 9.67. The average molecular weight is 266 g/mol. The first kappa shape index (κ1) is 12.7. The van der Waals surface area contributed by atoms with Crippen LogP contribution >= 0.6 is 0 Å². The van der Waals surface area contributed by atoms with E-state index in [0.29, 0.717) is 17.9 Å². The van der Waals surface area contributed by atoms with E-state index in [2.05, 4.69) is 11.1 Å². The number of rotatable bonds is 2. The smallest absolute Gasteiger partial charge is 0.438 e. The molecule has 3 rings (SSSR count). The Morgan fingerprint density at radius 2 is 2.25 bits per heavy atom. The molecular formula is C14H11BN2O3. The van der Waals surface area contributed by atoms with Gasteiger partial charge in [0.2, 0.25) is 5.88 Å². The number of ether oxygens (including phenoxy) is 1. The van der Waals surface area contributed by atoms with Gasteiger partial charge in [-0.05, 0) is 42.2 Å². The third-order valence-corrected chi connectivity index (χ3v) is 3.11. The molecule has 20 heavy (non-hydrogen) atoms. The number of benzene rings is 1. The monoisotopic (exact) mass is 266 g/mol. The molecule has 0 spiro atoms. The molecule has 2 aromatic rings. The number of aromatic nitrogens is 1. The van der Waals surface area contributed by atoms with E-state index in [1.165, 1.54) is 0 Å². The Morgan fingerprint density at radius 1 is 1.40 bits per heavy atom. The van der Waals surface area contributed by atoms with Crippen molar-refractivity contribution < 1.29 is 14.4 Å². The van der Waals surface area contributed by atoms with Crippen molar-refractivity contribution in [3.63, 3.8) is 0 Å². The maximum Gasteiger partial charge on any atom is 0.491 e. The molecule has 0 unspecified atom stereocenters. The molecule has 1 aliphatic rings. The van der Waals surface area contributed by atoms with E-state index < -0.39 is 7.12 Å². The second-order valence-electron chi connectivity index (χ2n) is 4.54. The van der Waals surface area contributed by atoms with Crippen LogP contribution in [0, 0.1) is 18.3 Å². The SMILES string of the molecule is Cc1ccc(C#N)c(Oc2ccc3c(c2)COB3O)n1. The van der Waals surface area contributed by atoms with Gasteiger partial charge in [-0.3, -0.25) is 0 Å². The second-order valence-corrected chi connectivity index (χ2v) is 4.54. The van der Waals surface area contributed by atoms with Crippen LogP contribution in [-0.2, 0) is 11.3 Å². The lowest BCUT2D eigenvalue weighted by atomic mass is 9.80. The third kappa shape index (κ3) is 2.25. The van der Waals surface area contributed by atoms with Crippen molar-refractivity contribution in [2.24, 2.45) is 0 Å². The van der Waals surface area contributed by atoms with Crippen molar-refractivity contribution in [3.8, 4) is 17.7 Å². The second kappa shape index (κ2) is 4.97. The molecule has 6 heteroatoms. The van der Waals surface area contributed by atoms with Gasteiger partial charge in [-0.1, -0.05) is 6.07 Å². The molecule has 0 radical (unpaired) electrons. The van der Waals surface area contributed by atoms with Crippen molar-refractivity contribution in [3.05, 3.63) is 47.2 Å². The number of hydrogen-bond acceptors (Lipinski definition) is 5. The molecule has 0 atom stereocenters. The molecule has 0 fully saturated rings. The molecule has 2 heterocycles. The molecule has 0 saturated heterocycles. The summed E-state index contributed by atoms with van der Waals surface area (Å²) < 4.78 is 10.8. The summed E-state index contributed by atoms with van der Waals surface area (Å²) in [6.07, 6.45) is 0. The van der Waals surface area contributed by atoms with Crippen LogP contribution < -0.4 is 10.2 Å². The quantitative estimate of drug-likeness (QED) is 0.828. The molecule has 0 bridgehead atoms. The molecule has 0 amide bonds. The maximum absolute atomic E-state index is 9.56. The van der Waals surface area contributed by atoms with Crippen LogP contribution in [0.25, 0.3) is 0 Å². The summed E-state index contributed by atoms with van der Waals surface area (Å²) in [5.41, 5.74) is 2.78. The van der Waals surface area contributed by atoms with Crippen molar-refractivity contribution in [2.75, 3.05) is 0 Å². The number of hydrogen-bond donors (Lipinski definition) is 1. The minimum absolute atomic E-state index is 0.284. The van der Waals surface area contributed by atoms with Crippen LogP contribution in [-0.4, -0.2) is 17.1 Å². The Hall–Kier alpha value is -2.36. The van der Waals surface area contributed by atoms with Crippen LogP contribution in [0.2, 0.25) is 0 Å². The highest BCUT2D eigenvalue weighted by Crippen LogP contribution is 2.25. The molecular weight excluding hydrogens is 255 g/mol. The van der Waals surface area contributed by atoms with E-state index in [0.717, 1.165) is 16.7 Å². The Morgan fingerprint density at radius 3 is 3.05 bits per heavy atom. The minimum Gasteiger partial charge on any atom is -0.438 e. The number of pyridine rings is 1. The van der Waals surface area contributed by atoms with E-state index in [4.69, 9.17) is 14.7 Å². The van der Waals surface area contributed by atoms with Gasteiger partial charge in [-0.25, -0.2) is 4.98 Å². The zero-order valence-electron chi connectivity index (χ0n) is 10.8. The van der Waals surface area contributed by atoms with Crippen LogP contribution in [0.15, 0.2) is 30.3 Å². The Balaban J connectivity index is 1.93. The van der Waals surface area contributed by atoms with E-state index in [-0.39, 0.29) is 5.88 Å². The topological polar surface area (TPSA) is 75.4 Å². The predicted molar refractivity (Wildman–Crippen MR) is 72.6 cm³/mol. The zero-order valence-corrected chi connectivity index (χ0v) is 10.8. The van der Waals surface area contributed by atoms with Gasteiger partial charge in [0.05, 0.1) is 6.61 Å². The largest absolute Gasteiger partial charge is 0.491 e. The summed E-state index contributed by atoms with van der Waals surface area (Å²) in [6, 6.07) is 10.8. The Bertz CT molecular complexity index is 712. The fraction of sp³-hybridized carbons (Fsp3) is 0.143. The highest BCUT2D eigenvalue weighted by molar-refractivity contribution is 6.61. The first-order valence-corrected chi connectivity index (χ1v) is 6.15. The molecule has 1 aromatic heterocycles. The van der Waals surface area contributed by atoms with Gasteiger partial charge < -0.3 is 14.4 Å². The molecule has 1 N–H and O–H groups in total.